The first-order valence-electron chi connectivity index (χ1n) is 9.05. The summed E-state index contributed by atoms with van der Waals surface area (Å²) >= 11 is 0. The summed E-state index contributed by atoms with van der Waals surface area (Å²) in [7, 11) is 0. The summed E-state index contributed by atoms with van der Waals surface area (Å²) in [4.78, 5) is 23.5. The molecule has 7 nitrogen and oxygen atoms in total. The molecule has 1 fully saturated rings. The average molecular weight is 354 g/mol. The minimum absolute atomic E-state index is 0.0207. The highest BCUT2D eigenvalue weighted by Gasteiger charge is 2.27. The second kappa shape index (κ2) is 7.19. The zero-order valence-electron chi connectivity index (χ0n) is 14.8. The number of carbonyl (C=O) groups is 1. The number of hydrogen-bond acceptors (Lipinski definition) is 6. The summed E-state index contributed by atoms with van der Waals surface area (Å²) in [5.41, 5.74) is 1.20. The molecular formula is C19H22N4O3. The Morgan fingerprint density at radius 3 is 3.04 bits per heavy atom. The molecule has 2 aliphatic heterocycles. The lowest BCUT2D eigenvalue weighted by molar-refractivity contribution is 0.0602. The number of aromatic nitrogens is 2. The monoisotopic (exact) mass is 354 g/mol. The Labute approximate surface area is 152 Å². The van der Waals surface area contributed by atoms with Gasteiger partial charge in [-0.25, -0.2) is 9.97 Å². The van der Waals surface area contributed by atoms with Crippen molar-refractivity contribution >= 4 is 17.5 Å². The molecular weight excluding hydrogens is 332 g/mol. The standard InChI is InChI=1S/C19H22N4O3/c1-2-14-5-3-4-10-23(14)18(24)15-8-9-20-19(22-15)21-13-6-7-16-17(11-13)26-12-25-16/h6-9,11,14H,2-5,10,12H2,1H3,(H,20,21,22). The van der Waals surface area contributed by atoms with E-state index in [0.29, 0.717) is 23.4 Å². The number of carbonyl (C=O) groups excluding carboxylic acids is 1. The molecule has 136 valence electrons. The van der Waals surface area contributed by atoms with Crippen molar-refractivity contribution in [1.82, 2.24) is 14.9 Å². The van der Waals surface area contributed by atoms with Crippen molar-refractivity contribution in [1.29, 1.82) is 0 Å². The smallest absolute Gasteiger partial charge is 0.272 e. The third kappa shape index (κ3) is 3.29. The Morgan fingerprint density at radius 1 is 1.27 bits per heavy atom. The zero-order valence-corrected chi connectivity index (χ0v) is 14.8. The Kier molecular flexibility index (Phi) is 4.60. The quantitative estimate of drug-likeness (QED) is 0.907. The fourth-order valence-corrected chi connectivity index (χ4v) is 3.48. The third-order valence-electron chi connectivity index (χ3n) is 4.86. The van der Waals surface area contributed by atoms with Gasteiger partial charge in [0.05, 0.1) is 0 Å². The number of benzene rings is 1. The van der Waals surface area contributed by atoms with Crippen LogP contribution >= 0.6 is 0 Å². The van der Waals surface area contributed by atoms with E-state index in [0.717, 1.165) is 37.2 Å². The van der Waals surface area contributed by atoms with Gasteiger partial charge < -0.3 is 19.7 Å². The van der Waals surface area contributed by atoms with Gasteiger partial charge in [0.15, 0.2) is 11.5 Å². The Bertz CT molecular complexity index is 811. The van der Waals surface area contributed by atoms with Crippen LogP contribution in [0.4, 0.5) is 11.6 Å². The van der Waals surface area contributed by atoms with Crippen LogP contribution in [0.1, 0.15) is 43.1 Å². The number of hydrogen-bond donors (Lipinski definition) is 1. The predicted molar refractivity (Wildman–Crippen MR) is 96.8 cm³/mol. The molecule has 0 radical (unpaired) electrons. The number of rotatable bonds is 4. The van der Waals surface area contributed by atoms with Crippen LogP contribution < -0.4 is 14.8 Å². The van der Waals surface area contributed by atoms with Crippen molar-refractivity contribution in [3.05, 3.63) is 36.2 Å². The van der Waals surface area contributed by atoms with Crippen molar-refractivity contribution in [3.63, 3.8) is 0 Å². The van der Waals surface area contributed by atoms with E-state index in [1.165, 1.54) is 6.42 Å². The van der Waals surface area contributed by atoms with Gasteiger partial charge in [0, 0.05) is 30.5 Å². The molecule has 0 spiro atoms. The van der Waals surface area contributed by atoms with Gasteiger partial charge in [-0.1, -0.05) is 6.92 Å². The van der Waals surface area contributed by atoms with E-state index < -0.39 is 0 Å². The first kappa shape index (κ1) is 16.6. The molecule has 0 saturated carbocycles. The Hall–Kier alpha value is -2.83. The second-order valence-electron chi connectivity index (χ2n) is 6.51. The van der Waals surface area contributed by atoms with Gasteiger partial charge in [-0.15, -0.1) is 0 Å². The van der Waals surface area contributed by atoms with Crippen LogP contribution in [0.2, 0.25) is 0 Å². The number of piperidine rings is 1. The molecule has 1 unspecified atom stereocenters. The Morgan fingerprint density at radius 2 is 2.15 bits per heavy atom. The molecule has 1 aromatic heterocycles. The summed E-state index contributed by atoms with van der Waals surface area (Å²) in [6.45, 7) is 3.16. The summed E-state index contributed by atoms with van der Waals surface area (Å²) in [6, 6.07) is 7.51. The molecule has 4 rings (SSSR count). The van der Waals surface area contributed by atoms with Gasteiger partial charge in [-0.3, -0.25) is 4.79 Å². The molecule has 2 aliphatic rings. The predicted octanol–water partition coefficient (Wildman–Crippen LogP) is 3.35. The van der Waals surface area contributed by atoms with E-state index in [4.69, 9.17) is 9.47 Å². The molecule has 7 heteroatoms. The number of ether oxygens (including phenoxy) is 2. The highest BCUT2D eigenvalue weighted by atomic mass is 16.7. The van der Waals surface area contributed by atoms with Gasteiger partial charge in [0.2, 0.25) is 12.7 Å². The molecule has 1 aromatic carbocycles. The van der Waals surface area contributed by atoms with E-state index in [1.807, 2.05) is 23.1 Å². The van der Waals surface area contributed by atoms with E-state index in [1.54, 1.807) is 12.3 Å². The van der Waals surface area contributed by atoms with Crippen LogP contribution in [0.15, 0.2) is 30.5 Å². The van der Waals surface area contributed by atoms with Crippen molar-refractivity contribution in [2.24, 2.45) is 0 Å². The number of fused-ring (bicyclic) bond motifs is 1. The summed E-state index contributed by atoms with van der Waals surface area (Å²) in [6.07, 6.45) is 5.88. The van der Waals surface area contributed by atoms with Crippen LogP contribution in [0.5, 0.6) is 11.5 Å². The largest absolute Gasteiger partial charge is 0.454 e. The van der Waals surface area contributed by atoms with Gasteiger partial charge in [0.1, 0.15) is 5.69 Å². The fourth-order valence-electron chi connectivity index (χ4n) is 3.48. The number of amides is 1. The fraction of sp³-hybridized carbons (Fsp3) is 0.421. The maximum absolute atomic E-state index is 12.9. The van der Waals surface area contributed by atoms with E-state index in [-0.39, 0.29) is 12.7 Å². The highest BCUT2D eigenvalue weighted by Crippen LogP contribution is 2.34. The van der Waals surface area contributed by atoms with E-state index in [2.05, 4.69) is 22.2 Å². The highest BCUT2D eigenvalue weighted by molar-refractivity contribution is 5.92. The van der Waals surface area contributed by atoms with Crippen molar-refractivity contribution < 1.29 is 14.3 Å². The zero-order chi connectivity index (χ0) is 17.9. The normalized spacial score (nSPS) is 18.7. The van der Waals surface area contributed by atoms with Gasteiger partial charge in [-0.05, 0) is 43.9 Å². The molecule has 0 bridgehead atoms. The molecule has 3 heterocycles. The van der Waals surface area contributed by atoms with Crippen LogP contribution in [-0.4, -0.2) is 40.2 Å². The lowest BCUT2D eigenvalue weighted by atomic mass is 9.99. The lowest BCUT2D eigenvalue weighted by Crippen LogP contribution is -2.43. The van der Waals surface area contributed by atoms with E-state index >= 15 is 0 Å². The molecule has 1 atom stereocenters. The summed E-state index contributed by atoms with van der Waals surface area (Å²) < 4.78 is 10.7. The lowest BCUT2D eigenvalue weighted by Gasteiger charge is -2.35. The topological polar surface area (TPSA) is 76.6 Å². The molecule has 1 amide bonds. The molecule has 1 N–H and O–H groups in total. The summed E-state index contributed by atoms with van der Waals surface area (Å²) in [5, 5.41) is 3.13. The number of likely N-dealkylation sites (tertiary alicyclic amines) is 1. The average Bonchev–Trinajstić information content (AvgIpc) is 3.15. The van der Waals surface area contributed by atoms with Gasteiger partial charge in [0.25, 0.3) is 5.91 Å². The Balaban J connectivity index is 1.52. The molecule has 0 aliphatic carbocycles. The van der Waals surface area contributed by atoms with Crippen LogP contribution in [0, 0.1) is 0 Å². The van der Waals surface area contributed by atoms with Crippen LogP contribution in [0.3, 0.4) is 0 Å². The maximum atomic E-state index is 12.9. The molecule has 2 aromatic rings. The SMILES string of the molecule is CCC1CCCCN1C(=O)c1ccnc(Nc2ccc3c(c2)OCO3)n1. The summed E-state index contributed by atoms with van der Waals surface area (Å²) in [5.74, 6) is 1.77. The van der Waals surface area contributed by atoms with Crippen molar-refractivity contribution in [2.75, 3.05) is 18.7 Å². The first-order valence-corrected chi connectivity index (χ1v) is 9.05. The minimum atomic E-state index is -0.0207. The number of nitrogens with one attached hydrogen (secondary N) is 1. The maximum Gasteiger partial charge on any atom is 0.272 e. The molecule has 1 saturated heterocycles. The van der Waals surface area contributed by atoms with Crippen LogP contribution in [-0.2, 0) is 0 Å². The molecule has 26 heavy (non-hydrogen) atoms. The second-order valence-corrected chi connectivity index (χ2v) is 6.51. The van der Waals surface area contributed by atoms with E-state index in [9.17, 15) is 4.79 Å². The van der Waals surface area contributed by atoms with Crippen LogP contribution in [0.25, 0.3) is 0 Å². The number of anilines is 2. The number of nitrogens with zero attached hydrogens (tertiary/aromatic N) is 3. The van der Waals surface area contributed by atoms with Crippen molar-refractivity contribution in [2.45, 2.75) is 38.6 Å². The van der Waals surface area contributed by atoms with Crippen molar-refractivity contribution in [3.8, 4) is 11.5 Å². The minimum Gasteiger partial charge on any atom is -0.454 e. The van der Waals surface area contributed by atoms with Gasteiger partial charge >= 0.3 is 0 Å². The van der Waals surface area contributed by atoms with Gasteiger partial charge in [-0.2, -0.15) is 0 Å². The first-order chi connectivity index (χ1) is 12.7. The third-order valence-corrected chi connectivity index (χ3v) is 4.86.